The number of aromatic nitrogens is 2. The molecular formula is C18H27BrIN5S. The van der Waals surface area contributed by atoms with Crippen LogP contribution in [-0.2, 0) is 13.6 Å². The maximum atomic E-state index is 4.45. The van der Waals surface area contributed by atoms with E-state index in [0.717, 1.165) is 29.2 Å². The van der Waals surface area contributed by atoms with Gasteiger partial charge < -0.3 is 10.6 Å². The van der Waals surface area contributed by atoms with Crippen molar-refractivity contribution in [1.82, 2.24) is 20.4 Å². The van der Waals surface area contributed by atoms with Gasteiger partial charge in [0.25, 0.3) is 0 Å². The third-order valence-electron chi connectivity index (χ3n) is 4.02. The van der Waals surface area contributed by atoms with Gasteiger partial charge in [0.1, 0.15) is 0 Å². The third kappa shape index (κ3) is 6.77. The van der Waals surface area contributed by atoms with Crippen molar-refractivity contribution in [2.75, 3.05) is 13.6 Å². The van der Waals surface area contributed by atoms with Crippen LogP contribution in [0.15, 0.2) is 38.6 Å². The van der Waals surface area contributed by atoms with Crippen LogP contribution in [0.4, 0.5) is 0 Å². The zero-order valence-electron chi connectivity index (χ0n) is 15.8. The summed E-state index contributed by atoms with van der Waals surface area (Å²) in [6.07, 6.45) is 0. The van der Waals surface area contributed by atoms with Gasteiger partial charge >= 0.3 is 0 Å². The van der Waals surface area contributed by atoms with E-state index in [-0.39, 0.29) is 24.0 Å². The number of benzene rings is 1. The van der Waals surface area contributed by atoms with Crippen LogP contribution in [0.2, 0.25) is 0 Å². The molecule has 144 valence electrons. The van der Waals surface area contributed by atoms with Gasteiger partial charge in [-0.3, -0.25) is 9.67 Å². The van der Waals surface area contributed by atoms with Gasteiger partial charge in [0.05, 0.1) is 5.69 Å². The molecule has 2 rings (SSSR count). The Bertz CT molecular complexity index is 730. The lowest BCUT2D eigenvalue weighted by molar-refractivity contribution is 0.728. The van der Waals surface area contributed by atoms with Crippen molar-refractivity contribution >= 4 is 57.6 Å². The van der Waals surface area contributed by atoms with E-state index >= 15 is 0 Å². The van der Waals surface area contributed by atoms with Crippen LogP contribution in [0.5, 0.6) is 0 Å². The highest BCUT2D eigenvalue weighted by Crippen LogP contribution is 2.24. The zero-order valence-corrected chi connectivity index (χ0v) is 20.6. The van der Waals surface area contributed by atoms with E-state index < -0.39 is 0 Å². The van der Waals surface area contributed by atoms with Crippen LogP contribution in [0, 0.1) is 13.8 Å². The van der Waals surface area contributed by atoms with E-state index in [1.54, 1.807) is 7.05 Å². The standard InChI is InChI=1S/C18H26BrN5S.HI/c1-12(25-16-8-6-15(19)7-9-16)10-21-18(20-4)22-11-17-13(2)23-24(5)14(17)3;/h6-9,12H,10-11H2,1-5H3,(H2,20,21,22);1H. The Balaban J connectivity index is 0.00000338. The van der Waals surface area contributed by atoms with Crippen LogP contribution >= 0.6 is 51.7 Å². The van der Waals surface area contributed by atoms with Crippen LogP contribution in [0.25, 0.3) is 0 Å². The second-order valence-electron chi connectivity index (χ2n) is 5.96. The third-order valence-corrected chi connectivity index (χ3v) is 5.66. The van der Waals surface area contributed by atoms with Gasteiger partial charge in [0.15, 0.2) is 5.96 Å². The van der Waals surface area contributed by atoms with Gasteiger partial charge in [-0.15, -0.1) is 35.7 Å². The molecule has 0 aliphatic rings. The van der Waals surface area contributed by atoms with Crippen molar-refractivity contribution in [1.29, 1.82) is 0 Å². The summed E-state index contributed by atoms with van der Waals surface area (Å²) in [6.45, 7) is 7.90. The van der Waals surface area contributed by atoms with E-state index in [1.807, 2.05) is 30.4 Å². The summed E-state index contributed by atoms with van der Waals surface area (Å²) in [5, 5.41) is 11.7. The molecule has 1 aromatic carbocycles. The molecule has 0 aliphatic heterocycles. The molecule has 26 heavy (non-hydrogen) atoms. The van der Waals surface area contributed by atoms with E-state index in [0.29, 0.717) is 5.25 Å². The van der Waals surface area contributed by atoms with Crippen molar-refractivity contribution in [2.24, 2.45) is 12.0 Å². The van der Waals surface area contributed by atoms with Gasteiger partial charge in [0, 0.05) is 53.1 Å². The molecule has 0 radical (unpaired) electrons. The summed E-state index contributed by atoms with van der Waals surface area (Å²) in [6, 6.07) is 8.40. The van der Waals surface area contributed by atoms with Crippen LogP contribution in [0.1, 0.15) is 23.9 Å². The van der Waals surface area contributed by atoms with E-state index in [2.05, 4.69) is 74.8 Å². The molecule has 1 aromatic heterocycles. The Kier molecular flexibility index (Phi) is 10.0. The molecule has 0 fully saturated rings. The summed E-state index contributed by atoms with van der Waals surface area (Å²) in [4.78, 5) is 5.58. The van der Waals surface area contributed by atoms with Crippen LogP contribution in [0.3, 0.4) is 0 Å². The Morgan fingerprint density at radius 2 is 1.92 bits per heavy atom. The smallest absolute Gasteiger partial charge is 0.191 e. The molecule has 1 unspecified atom stereocenters. The molecule has 0 spiro atoms. The monoisotopic (exact) mass is 551 g/mol. The van der Waals surface area contributed by atoms with Crippen molar-refractivity contribution < 1.29 is 0 Å². The first-order valence-electron chi connectivity index (χ1n) is 8.26. The van der Waals surface area contributed by atoms with E-state index in [1.165, 1.54) is 16.2 Å². The Labute approximate surface area is 186 Å². The number of thioether (sulfide) groups is 1. The first kappa shape index (κ1) is 23.3. The van der Waals surface area contributed by atoms with Crippen LogP contribution < -0.4 is 10.6 Å². The fourth-order valence-electron chi connectivity index (χ4n) is 2.49. The summed E-state index contributed by atoms with van der Waals surface area (Å²) in [7, 11) is 3.77. The molecule has 1 atom stereocenters. The molecule has 0 aliphatic carbocycles. The fraction of sp³-hybridized carbons (Fsp3) is 0.444. The molecule has 5 nitrogen and oxygen atoms in total. The quantitative estimate of drug-likeness (QED) is 0.244. The summed E-state index contributed by atoms with van der Waals surface area (Å²) in [5.74, 6) is 0.811. The van der Waals surface area contributed by atoms with Gasteiger partial charge in [-0.25, -0.2) is 0 Å². The molecule has 0 amide bonds. The topological polar surface area (TPSA) is 54.2 Å². The zero-order chi connectivity index (χ0) is 18.4. The van der Waals surface area contributed by atoms with Crippen molar-refractivity contribution in [3.05, 3.63) is 45.7 Å². The number of hydrogen-bond donors (Lipinski definition) is 2. The predicted octanol–water partition coefficient (Wildman–Crippen LogP) is 4.26. The highest BCUT2D eigenvalue weighted by Gasteiger charge is 2.10. The maximum Gasteiger partial charge on any atom is 0.191 e. The molecule has 8 heteroatoms. The minimum absolute atomic E-state index is 0. The Hall–Kier alpha value is -0.740. The Morgan fingerprint density at radius 1 is 1.27 bits per heavy atom. The Morgan fingerprint density at radius 3 is 2.46 bits per heavy atom. The molecular weight excluding hydrogens is 525 g/mol. The minimum atomic E-state index is 0. The second-order valence-corrected chi connectivity index (χ2v) is 8.39. The summed E-state index contributed by atoms with van der Waals surface area (Å²) >= 11 is 5.32. The van der Waals surface area contributed by atoms with Crippen molar-refractivity contribution in [3.63, 3.8) is 0 Å². The van der Waals surface area contributed by atoms with Crippen molar-refractivity contribution in [3.8, 4) is 0 Å². The van der Waals surface area contributed by atoms with Gasteiger partial charge in [0.2, 0.25) is 0 Å². The number of nitrogens with zero attached hydrogens (tertiary/aromatic N) is 3. The van der Waals surface area contributed by atoms with Crippen LogP contribution in [-0.4, -0.2) is 34.6 Å². The molecule has 0 saturated carbocycles. The van der Waals surface area contributed by atoms with Crippen molar-refractivity contribution in [2.45, 2.75) is 37.5 Å². The fourth-order valence-corrected chi connectivity index (χ4v) is 3.68. The molecule has 1 heterocycles. The predicted molar refractivity (Wildman–Crippen MR) is 126 cm³/mol. The maximum absolute atomic E-state index is 4.45. The highest BCUT2D eigenvalue weighted by molar-refractivity contribution is 14.0. The molecule has 0 bridgehead atoms. The largest absolute Gasteiger partial charge is 0.355 e. The normalized spacial score (nSPS) is 12.5. The number of rotatable bonds is 6. The average molecular weight is 552 g/mol. The number of guanidine groups is 1. The lowest BCUT2D eigenvalue weighted by Gasteiger charge is -2.16. The van der Waals surface area contributed by atoms with E-state index in [9.17, 15) is 0 Å². The second kappa shape index (κ2) is 11.2. The molecule has 0 saturated heterocycles. The number of halogens is 2. The highest BCUT2D eigenvalue weighted by atomic mass is 127. The average Bonchev–Trinajstić information content (AvgIpc) is 2.82. The number of hydrogen-bond acceptors (Lipinski definition) is 3. The van der Waals surface area contributed by atoms with Gasteiger partial charge in [-0.2, -0.15) is 5.10 Å². The number of aliphatic imine (C=N–C) groups is 1. The molecule has 2 aromatic rings. The lowest BCUT2D eigenvalue weighted by Crippen LogP contribution is -2.39. The van der Waals surface area contributed by atoms with Gasteiger partial charge in [-0.1, -0.05) is 22.9 Å². The summed E-state index contributed by atoms with van der Waals surface area (Å²) in [5.41, 5.74) is 3.46. The SMILES string of the molecule is CN=C(NCc1c(C)nn(C)c1C)NCC(C)Sc1ccc(Br)cc1.I. The first-order chi connectivity index (χ1) is 11.9. The van der Waals surface area contributed by atoms with E-state index in [4.69, 9.17) is 0 Å². The number of aryl methyl sites for hydroxylation is 2. The van der Waals surface area contributed by atoms with Gasteiger partial charge in [-0.05, 0) is 38.1 Å². The lowest BCUT2D eigenvalue weighted by atomic mass is 10.2. The first-order valence-corrected chi connectivity index (χ1v) is 9.93. The minimum Gasteiger partial charge on any atom is -0.355 e. The molecule has 2 N–H and O–H groups in total. The summed E-state index contributed by atoms with van der Waals surface area (Å²) < 4.78 is 3.02. The number of nitrogens with one attached hydrogen (secondary N) is 2.